The summed E-state index contributed by atoms with van der Waals surface area (Å²) in [6.07, 6.45) is 0.871. The SMILES string of the molecule is O=C(O)CC1CCOc2ccc(Cl)cc21. The summed E-state index contributed by atoms with van der Waals surface area (Å²) in [5.74, 6) is -0.00493. The number of carboxylic acids is 1. The predicted molar refractivity (Wildman–Crippen MR) is 56.6 cm³/mol. The van der Waals surface area contributed by atoms with Crippen molar-refractivity contribution in [2.45, 2.75) is 18.8 Å². The zero-order valence-electron chi connectivity index (χ0n) is 8.07. The molecule has 1 aromatic carbocycles. The van der Waals surface area contributed by atoms with Crippen molar-refractivity contribution in [3.63, 3.8) is 0 Å². The molecule has 0 spiro atoms. The van der Waals surface area contributed by atoms with Crippen LogP contribution in [-0.4, -0.2) is 17.7 Å². The van der Waals surface area contributed by atoms with Gasteiger partial charge in [0, 0.05) is 10.9 Å². The normalized spacial score (nSPS) is 19.1. The molecule has 3 nitrogen and oxygen atoms in total. The third kappa shape index (κ3) is 2.23. The fraction of sp³-hybridized carbons (Fsp3) is 0.364. The molecular weight excluding hydrogens is 216 g/mol. The molecule has 0 aromatic heterocycles. The second-order valence-corrected chi connectivity index (χ2v) is 4.05. The van der Waals surface area contributed by atoms with Crippen molar-refractivity contribution in [2.75, 3.05) is 6.61 Å². The lowest BCUT2D eigenvalue weighted by Gasteiger charge is -2.24. The first-order chi connectivity index (χ1) is 7.16. The Hall–Kier alpha value is -1.22. The Morgan fingerprint density at radius 3 is 3.13 bits per heavy atom. The quantitative estimate of drug-likeness (QED) is 0.844. The lowest BCUT2D eigenvalue weighted by molar-refractivity contribution is -0.137. The zero-order chi connectivity index (χ0) is 10.8. The third-order valence-corrected chi connectivity index (χ3v) is 2.79. The van der Waals surface area contributed by atoms with Crippen LogP contribution in [-0.2, 0) is 4.79 Å². The van der Waals surface area contributed by atoms with Crippen LogP contribution in [0.25, 0.3) is 0 Å². The Kier molecular flexibility index (Phi) is 2.82. The zero-order valence-corrected chi connectivity index (χ0v) is 8.83. The summed E-state index contributed by atoms with van der Waals surface area (Å²) in [4.78, 5) is 10.7. The van der Waals surface area contributed by atoms with Crippen molar-refractivity contribution in [2.24, 2.45) is 0 Å². The molecule has 2 rings (SSSR count). The van der Waals surface area contributed by atoms with Crippen LogP contribution in [0.5, 0.6) is 5.75 Å². The average molecular weight is 227 g/mol. The van der Waals surface area contributed by atoms with Gasteiger partial charge in [-0.1, -0.05) is 11.6 Å². The number of carboxylic acid groups (broad SMARTS) is 1. The molecule has 0 fully saturated rings. The van der Waals surface area contributed by atoms with Gasteiger partial charge in [-0.3, -0.25) is 4.79 Å². The smallest absolute Gasteiger partial charge is 0.303 e. The number of halogens is 1. The first kappa shape index (κ1) is 10.3. The lowest BCUT2D eigenvalue weighted by atomic mass is 9.90. The molecule has 0 saturated carbocycles. The van der Waals surface area contributed by atoms with Crippen molar-refractivity contribution in [3.05, 3.63) is 28.8 Å². The highest BCUT2D eigenvalue weighted by Gasteiger charge is 2.23. The second-order valence-electron chi connectivity index (χ2n) is 3.61. The standard InChI is InChI=1S/C11H11ClO3/c12-8-1-2-10-9(6-8)7(3-4-15-10)5-11(13)14/h1-2,6-7H,3-5H2,(H,13,14). The Morgan fingerprint density at radius 1 is 1.60 bits per heavy atom. The molecule has 1 aromatic rings. The number of aliphatic carboxylic acids is 1. The molecular formula is C11H11ClO3. The van der Waals surface area contributed by atoms with E-state index in [0.29, 0.717) is 11.6 Å². The van der Waals surface area contributed by atoms with Gasteiger partial charge in [0.15, 0.2) is 0 Å². The minimum atomic E-state index is -0.784. The Balaban J connectivity index is 2.32. The van der Waals surface area contributed by atoms with E-state index in [1.807, 2.05) is 0 Å². The molecule has 80 valence electrons. The molecule has 1 atom stereocenters. The summed E-state index contributed by atoms with van der Waals surface area (Å²) in [5, 5.41) is 9.41. The fourth-order valence-electron chi connectivity index (χ4n) is 1.86. The Bertz CT molecular complexity index is 389. The Labute approximate surface area is 92.6 Å². The summed E-state index contributed by atoms with van der Waals surface area (Å²) in [6, 6.07) is 5.35. The topological polar surface area (TPSA) is 46.5 Å². The molecule has 1 N–H and O–H groups in total. The van der Waals surface area contributed by atoms with Gasteiger partial charge in [-0.05, 0) is 30.2 Å². The lowest BCUT2D eigenvalue weighted by Crippen LogP contribution is -2.16. The summed E-state index contributed by atoms with van der Waals surface area (Å²) >= 11 is 5.88. The van der Waals surface area contributed by atoms with E-state index in [1.54, 1.807) is 18.2 Å². The van der Waals surface area contributed by atoms with E-state index in [1.165, 1.54) is 0 Å². The highest BCUT2D eigenvalue weighted by molar-refractivity contribution is 6.30. The number of hydrogen-bond acceptors (Lipinski definition) is 2. The number of ether oxygens (including phenoxy) is 1. The van der Waals surface area contributed by atoms with Crippen LogP contribution in [0.3, 0.4) is 0 Å². The number of rotatable bonds is 2. The number of benzene rings is 1. The molecule has 1 aliphatic rings. The molecule has 1 aliphatic heterocycles. The fourth-order valence-corrected chi connectivity index (χ4v) is 2.04. The van der Waals surface area contributed by atoms with Crippen LogP contribution in [0, 0.1) is 0 Å². The van der Waals surface area contributed by atoms with Gasteiger partial charge in [0.25, 0.3) is 0 Å². The Morgan fingerprint density at radius 2 is 2.40 bits per heavy atom. The first-order valence-corrected chi connectivity index (χ1v) is 5.18. The van der Waals surface area contributed by atoms with Gasteiger partial charge in [0.1, 0.15) is 5.75 Å². The average Bonchev–Trinajstić information content (AvgIpc) is 2.18. The monoisotopic (exact) mass is 226 g/mol. The molecule has 0 bridgehead atoms. The number of carbonyl (C=O) groups is 1. The van der Waals surface area contributed by atoms with Crippen LogP contribution in [0.1, 0.15) is 24.3 Å². The van der Waals surface area contributed by atoms with Crippen molar-refractivity contribution in [1.82, 2.24) is 0 Å². The van der Waals surface area contributed by atoms with Gasteiger partial charge in [-0.2, -0.15) is 0 Å². The van der Waals surface area contributed by atoms with Crippen molar-refractivity contribution in [3.8, 4) is 5.75 Å². The van der Waals surface area contributed by atoms with E-state index in [2.05, 4.69) is 0 Å². The highest BCUT2D eigenvalue weighted by atomic mass is 35.5. The van der Waals surface area contributed by atoms with Crippen LogP contribution in [0.15, 0.2) is 18.2 Å². The minimum absolute atomic E-state index is 0.0185. The predicted octanol–water partition coefficient (Wildman–Crippen LogP) is 2.68. The first-order valence-electron chi connectivity index (χ1n) is 4.81. The molecule has 15 heavy (non-hydrogen) atoms. The van der Waals surface area contributed by atoms with E-state index >= 15 is 0 Å². The van der Waals surface area contributed by atoms with Crippen molar-refractivity contribution in [1.29, 1.82) is 0 Å². The van der Waals surface area contributed by atoms with Crippen LogP contribution < -0.4 is 4.74 Å². The van der Waals surface area contributed by atoms with E-state index in [4.69, 9.17) is 21.4 Å². The van der Waals surface area contributed by atoms with E-state index in [9.17, 15) is 4.79 Å². The maximum absolute atomic E-state index is 10.7. The molecule has 0 radical (unpaired) electrons. The van der Waals surface area contributed by atoms with Gasteiger partial charge < -0.3 is 9.84 Å². The minimum Gasteiger partial charge on any atom is -0.493 e. The highest BCUT2D eigenvalue weighted by Crippen LogP contribution is 2.37. The summed E-state index contributed by atoms with van der Waals surface area (Å²) < 4.78 is 5.44. The van der Waals surface area contributed by atoms with Gasteiger partial charge >= 0.3 is 5.97 Å². The van der Waals surface area contributed by atoms with Gasteiger partial charge in [-0.25, -0.2) is 0 Å². The van der Waals surface area contributed by atoms with Crippen LogP contribution in [0.2, 0.25) is 5.02 Å². The molecule has 0 aliphatic carbocycles. The van der Waals surface area contributed by atoms with Gasteiger partial charge in [0.2, 0.25) is 0 Å². The molecule has 4 heteroatoms. The van der Waals surface area contributed by atoms with Crippen LogP contribution in [0.4, 0.5) is 0 Å². The van der Waals surface area contributed by atoms with E-state index in [0.717, 1.165) is 17.7 Å². The maximum atomic E-state index is 10.7. The molecule has 1 heterocycles. The summed E-state index contributed by atoms with van der Waals surface area (Å²) in [7, 11) is 0. The van der Waals surface area contributed by atoms with Gasteiger partial charge in [0.05, 0.1) is 13.0 Å². The maximum Gasteiger partial charge on any atom is 0.303 e. The largest absolute Gasteiger partial charge is 0.493 e. The van der Waals surface area contributed by atoms with E-state index in [-0.39, 0.29) is 12.3 Å². The molecule has 1 unspecified atom stereocenters. The molecule has 0 amide bonds. The number of hydrogen-bond donors (Lipinski definition) is 1. The molecule has 0 saturated heterocycles. The third-order valence-electron chi connectivity index (χ3n) is 2.56. The summed E-state index contributed by atoms with van der Waals surface area (Å²) in [6.45, 7) is 0.576. The summed E-state index contributed by atoms with van der Waals surface area (Å²) in [5.41, 5.74) is 0.913. The second kappa shape index (κ2) is 4.11. The number of fused-ring (bicyclic) bond motifs is 1. The van der Waals surface area contributed by atoms with Gasteiger partial charge in [-0.15, -0.1) is 0 Å². The van der Waals surface area contributed by atoms with Crippen LogP contribution >= 0.6 is 11.6 Å². The van der Waals surface area contributed by atoms with E-state index < -0.39 is 5.97 Å². The van der Waals surface area contributed by atoms with Crippen molar-refractivity contribution < 1.29 is 14.6 Å². The van der Waals surface area contributed by atoms with Crippen molar-refractivity contribution >= 4 is 17.6 Å².